The highest BCUT2D eigenvalue weighted by molar-refractivity contribution is 5.07. The fourth-order valence-electron chi connectivity index (χ4n) is 3.14. The first-order chi connectivity index (χ1) is 9.69. The molecule has 0 radical (unpaired) electrons. The predicted octanol–water partition coefficient (Wildman–Crippen LogP) is 2.39. The molecule has 4 nitrogen and oxygen atoms in total. The van der Waals surface area contributed by atoms with E-state index >= 15 is 0 Å². The molecule has 2 bridgehead atoms. The summed E-state index contributed by atoms with van der Waals surface area (Å²) in [5.74, 6) is 2.79. The molecule has 20 heavy (non-hydrogen) atoms. The Morgan fingerprint density at radius 1 is 1.20 bits per heavy atom. The summed E-state index contributed by atoms with van der Waals surface area (Å²) < 4.78 is 11.8. The Labute approximate surface area is 121 Å². The number of furan rings is 1. The molecule has 2 atom stereocenters. The molecule has 0 amide bonds. The maximum atomic E-state index is 5.91. The zero-order valence-corrected chi connectivity index (χ0v) is 12.6. The molecule has 0 spiro atoms. The molecule has 0 aromatic carbocycles. The van der Waals surface area contributed by atoms with Gasteiger partial charge in [-0.15, -0.1) is 0 Å². The molecule has 112 valence electrons. The fraction of sp³-hybridized carbons (Fsp3) is 0.750. The second-order valence-electron chi connectivity index (χ2n) is 6.54. The van der Waals surface area contributed by atoms with Crippen LogP contribution in [-0.4, -0.2) is 36.7 Å². The largest absolute Gasteiger partial charge is 0.463 e. The molecule has 1 aromatic heterocycles. The third-order valence-corrected chi connectivity index (χ3v) is 4.07. The third-order valence-electron chi connectivity index (χ3n) is 4.07. The van der Waals surface area contributed by atoms with Gasteiger partial charge in [-0.25, -0.2) is 0 Å². The lowest BCUT2D eigenvalue weighted by Crippen LogP contribution is -2.41. The van der Waals surface area contributed by atoms with Crippen LogP contribution < -0.4 is 5.32 Å². The summed E-state index contributed by atoms with van der Waals surface area (Å²) in [5, 5.41) is 3.41. The molecule has 3 heterocycles. The van der Waals surface area contributed by atoms with Crippen LogP contribution >= 0.6 is 0 Å². The van der Waals surface area contributed by atoms with Crippen molar-refractivity contribution in [1.29, 1.82) is 0 Å². The van der Waals surface area contributed by atoms with Crippen molar-refractivity contribution in [3.05, 3.63) is 23.7 Å². The first-order valence-electron chi connectivity index (χ1n) is 7.85. The number of nitrogens with one attached hydrogen (secondary N) is 1. The van der Waals surface area contributed by atoms with Gasteiger partial charge in [-0.2, -0.15) is 0 Å². The van der Waals surface area contributed by atoms with Gasteiger partial charge in [-0.1, -0.05) is 13.8 Å². The van der Waals surface area contributed by atoms with E-state index in [1.54, 1.807) is 0 Å². The molecule has 0 aliphatic carbocycles. The lowest BCUT2D eigenvalue weighted by Gasteiger charge is -2.31. The summed E-state index contributed by atoms with van der Waals surface area (Å²) >= 11 is 0. The number of likely N-dealkylation sites (tertiary alicyclic amines) is 1. The minimum absolute atomic E-state index is 0.455. The number of rotatable bonds is 6. The Hall–Kier alpha value is -0.840. The van der Waals surface area contributed by atoms with Crippen LogP contribution in [0, 0.1) is 5.92 Å². The van der Waals surface area contributed by atoms with Crippen LogP contribution in [0.2, 0.25) is 0 Å². The highest BCUT2D eigenvalue weighted by Crippen LogP contribution is 2.27. The molecule has 2 saturated heterocycles. The van der Waals surface area contributed by atoms with Crippen molar-refractivity contribution < 1.29 is 9.15 Å². The molecule has 2 aliphatic rings. The van der Waals surface area contributed by atoms with Crippen molar-refractivity contribution in [2.24, 2.45) is 5.92 Å². The Kier molecular flexibility index (Phi) is 4.44. The second kappa shape index (κ2) is 6.29. The van der Waals surface area contributed by atoms with Gasteiger partial charge in [-0.05, 0) is 37.4 Å². The highest BCUT2D eigenvalue weighted by Gasteiger charge is 2.33. The molecule has 2 unspecified atom stereocenters. The number of fused-ring (bicyclic) bond motifs is 2. The lowest BCUT2D eigenvalue weighted by molar-refractivity contribution is -0.0427. The Balaban J connectivity index is 1.47. The van der Waals surface area contributed by atoms with Crippen molar-refractivity contribution >= 4 is 0 Å². The van der Waals surface area contributed by atoms with Gasteiger partial charge < -0.3 is 14.5 Å². The van der Waals surface area contributed by atoms with Crippen molar-refractivity contribution in [2.45, 2.75) is 52.0 Å². The van der Waals surface area contributed by atoms with Gasteiger partial charge in [0.05, 0.1) is 25.3 Å². The first-order valence-corrected chi connectivity index (χ1v) is 7.85. The van der Waals surface area contributed by atoms with E-state index < -0.39 is 0 Å². The van der Waals surface area contributed by atoms with Gasteiger partial charge in [0.1, 0.15) is 11.5 Å². The van der Waals surface area contributed by atoms with E-state index in [9.17, 15) is 0 Å². The molecule has 3 rings (SSSR count). The predicted molar refractivity (Wildman–Crippen MR) is 78.4 cm³/mol. The summed E-state index contributed by atoms with van der Waals surface area (Å²) in [4.78, 5) is 2.47. The van der Waals surface area contributed by atoms with Crippen LogP contribution in [0.4, 0.5) is 0 Å². The topological polar surface area (TPSA) is 37.6 Å². The number of morpholine rings is 1. The normalized spacial score (nSPS) is 26.6. The maximum Gasteiger partial charge on any atom is 0.118 e. The molecule has 1 N–H and O–H groups in total. The zero-order valence-electron chi connectivity index (χ0n) is 12.6. The molecular formula is C16H26N2O2. The molecule has 2 fully saturated rings. The zero-order chi connectivity index (χ0) is 13.9. The van der Waals surface area contributed by atoms with Gasteiger partial charge in [0.2, 0.25) is 0 Å². The van der Waals surface area contributed by atoms with E-state index in [1.165, 1.54) is 12.8 Å². The van der Waals surface area contributed by atoms with Crippen LogP contribution in [0.5, 0.6) is 0 Å². The summed E-state index contributed by atoms with van der Waals surface area (Å²) in [6.45, 7) is 9.31. The molecule has 4 heteroatoms. The van der Waals surface area contributed by atoms with E-state index in [4.69, 9.17) is 9.15 Å². The molecule has 1 aromatic rings. The summed E-state index contributed by atoms with van der Waals surface area (Å²) in [6.07, 6.45) is 3.36. The van der Waals surface area contributed by atoms with Crippen LogP contribution in [0.1, 0.15) is 38.2 Å². The van der Waals surface area contributed by atoms with E-state index in [0.717, 1.165) is 44.2 Å². The van der Waals surface area contributed by atoms with Crippen molar-refractivity contribution in [1.82, 2.24) is 10.2 Å². The average molecular weight is 278 g/mol. The Bertz CT molecular complexity index is 418. The van der Waals surface area contributed by atoms with Crippen LogP contribution in [-0.2, 0) is 17.8 Å². The van der Waals surface area contributed by atoms with Gasteiger partial charge in [0.25, 0.3) is 0 Å². The summed E-state index contributed by atoms with van der Waals surface area (Å²) in [5.41, 5.74) is 0. The van der Waals surface area contributed by atoms with Crippen molar-refractivity contribution in [3.63, 3.8) is 0 Å². The van der Waals surface area contributed by atoms with Crippen molar-refractivity contribution in [2.75, 3.05) is 19.6 Å². The quantitative estimate of drug-likeness (QED) is 0.867. The second-order valence-corrected chi connectivity index (χ2v) is 6.54. The molecule has 0 saturated carbocycles. The van der Waals surface area contributed by atoms with Crippen LogP contribution in [0.25, 0.3) is 0 Å². The lowest BCUT2D eigenvalue weighted by atomic mass is 10.2. The van der Waals surface area contributed by atoms with E-state index in [2.05, 4.69) is 36.2 Å². The number of ether oxygens (including phenoxy) is 1. The van der Waals surface area contributed by atoms with Gasteiger partial charge in [-0.3, -0.25) is 4.90 Å². The molecular weight excluding hydrogens is 252 g/mol. The number of hydrogen-bond donors (Lipinski definition) is 1. The Morgan fingerprint density at radius 3 is 2.60 bits per heavy atom. The van der Waals surface area contributed by atoms with E-state index in [-0.39, 0.29) is 0 Å². The first kappa shape index (κ1) is 14.1. The van der Waals surface area contributed by atoms with Gasteiger partial charge in [0, 0.05) is 13.1 Å². The SMILES string of the molecule is CC(C)CNCc1ccc(CN2CC3CCC(C2)O3)o1. The Morgan fingerprint density at radius 2 is 1.90 bits per heavy atom. The summed E-state index contributed by atoms with van der Waals surface area (Å²) in [6, 6.07) is 4.21. The number of hydrogen-bond acceptors (Lipinski definition) is 4. The van der Waals surface area contributed by atoms with E-state index in [1.807, 2.05) is 0 Å². The standard InChI is InChI=1S/C16H26N2O2/c1-12(2)7-17-8-13-3-4-14(19-13)9-18-10-15-5-6-16(11-18)20-15/h3-4,12,15-17H,5-11H2,1-2H3. The highest BCUT2D eigenvalue weighted by atomic mass is 16.5. The van der Waals surface area contributed by atoms with Crippen molar-refractivity contribution in [3.8, 4) is 0 Å². The molecule has 2 aliphatic heterocycles. The third kappa shape index (κ3) is 3.62. The fourth-order valence-corrected chi connectivity index (χ4v) is 3.14. The van der Waals surface area contributed by atoms with Crippen LogP contribution in [0.15, 0.2) is 16.5 Å². The smallest absolute Gasteiger partial charge is 0.118 e. The van der Waals surface area contributed by atoms with Gasteiger partial charge in [0.15, 0.2) is 0 Å². The average Bonchev–Trinajstić information content (AvgIpc) is 2.96. The van der Waals surface area contributed by atoms with Gasteiger partial charge >= 0.3 is 0 Å². The minimum Gasteiger partial charge on any atom is -0.463 e. The number of nitrogens with zero attached hydrogens (tertiary/aromatic N) is 1. The summed E-state index contributed by atoms with van der Waals surface area (Å²) in [7, 11) is 0. The minimum atomic E-state index is 0.455. The maximum absolute atomic E-state index is 5.91. The van der Waals surface area contributed by atoms with Crippen LogP contribution in [0.3, 0.4) is 0 Å². The monoisotopic (exact) mass is 278 g/mol. The van der Waals surface area contributed by atoms with E-state index in [0.29, 0.717) is 18.1 Å².